The van der Waals surface area contributed by atoms with E-state index in [2.05, 4.69) is 344 Å². The Hall–Kier alpha value is -9.33. The molecular weight excluding hydrogens is 1340 g/mol. The molecule has 0 bridgehead atoms. The van der Waals surface area contributed by atoms with Crippen LogP contribution in [0.4, 0.5) is 0 Å². The smallest absolute Gasteiger partial charge is 0.405 e. The average molecular weight is 1430 g/mol. The maximum absolute atomic E-state index is 6.51. The predicted octanol–water partition coefficient (Wildman–Crippen LogP) is 21.6. The summed E-state index contributed by atoms with van der Waals surface area (Å²) in [6.07, 6.45) is 0. The summed E-state index contributed by atoms with van der Waals surface area (Å²) < 4.78 is 42.8. The Bertz CT molecular complexity index is 5490. The van der Waals surface area contributed by atoms with Crippen LogP contribution in [-0.4, -0.2) is 63.9 Å². The second-order valence-corrected chi connectivity index (χ2v) is 32.4. The van der Waals surface area contributed by atoms with Crippen molar-refractivity contribution in [2.75, 3.05) is 0 Å². The molecule has 0 spiro atoms. The molecule has 12 heteroatoms. The van der Waals surface area contributed by atoms with Gasteiger partial charge in [0.25, 0.3) is 0 Å². The quantitative estimate of drug-likeness (QED) is 0.141. The maximum atomic E-state index is 6.51. The molecule has 14 aromatic rings. The second kappa shape index (κ2) is 24.9. The van der Waals surface area contributed by atoms with Crippen molar-refractivity contribution >= 4 is 86.1 Å². The van der Waals surface area contributed by atoms with E-state index >= 15 is 0 Å². The van der Waals surface area contributed by atoms with Crippen molar-refractivity contribution in [2.24, 2.45) is 0 Å². The fourth-order valence-electron chi connectivity index (χ4n) is 16.8. The lowest BCUT2D eigenvalue weighted by Crippen LogP contribution is -2.41. The molecule has 104 heavy (non-hydrogen) atoms. The number of para-hydroxylation sites is 2. The lowest BCUT2D eigenvalue weighted by atomic mass is 9.49. The van der Waals surface area contributed by atoms with Crippen LogP contribution < -0.4 is 5.46 Å². The van der Waals surface area contributed by atoms with Crippen molar-refractivity contribution < 1.29 is 27.9 Å². The monoisotopic (exact) mass is 1420 g/mol. The van der Waals surface area contributed by atoms with Gasteiger partial charge in [0.1, 0.15) is 0 Å². The van der Waals surface area contributed by atoms with Gasteiger partial charge in [-0.3, -0.25) is 0 Å². The lowest BCUT2D eigenvalue weighted by molar-refractivity contribution is 0.00578. The Morgan fingerprint density at radius 3 is 0.962 bits per heavy atom. The van der Waals surface area contributed by atoms with E-state index in [-0.39, 0.29) is 22.4 Å². The molecule has 8 nitrogen and oxygen atoms in total. The largest absolute Gasteiger partial charge is 0.494 e. The summed E-state index contributed by atoms with van der Waals surface area (Å²) in [5.74, 6) is 0. The SMILES string of the molecule is Brc1ccc2c3ccccc3n(-c3ccc4c(c3)C(c3ccccc3)(c3ccccc3)c3ccccc3-4)c2c1.CC1(C)OB(B2OC(C)(C)C(C)(C)O2)OC1(C)C.CC1(C)OB(c2ccc3c4ccccc4n(-c4ccc5c(c4)C(c4ccccc4)(c4ccccc4)c4ccccc4-5)c3c2)OC1(C)C. The van der Waals surface area contributed by atoms with E-state index in [1.165, 1.54) is 111 Å². The topological polar surface area (TPSA) is 65.2 Å². The van der Waals surface area contributed by atoms with Crippen LogP contribution in [0.2, 0.25) is 0 Å². The van der Waals surface area contributed by atoms with Gasteiger partial charge in [-0.2, -0.15) is 0 Å². The molecule has 0 saturated carbocycles. The van der Waals surface area contributed by atoms with Gasteiger partial charge in [0, 0.05) is 37.4 Å². The molecule has 12 aromatic carbocycles. The average Bonchev–Trinajstić information content (AvgIpc) is 1.54. The summed E-state index contributed by atoms with van der Waals surface area (Å²) in [7, 11) is -1.39. The Morgan fingerprint density at radius 1 is 0.260 bits per heavy atom. The fraction of sp³-hybridized carbons (Fsp3) is 0.217. The third-order valence-electron chi connectivity index (χ3n) is 24.0. The highest BCUT2D eigenvalue weighted by Crippen LogP contribution is 2.59. The fourth-order valence-corrected chi connectivity index (χ4v) is 17.1. The Kier molecular flexibility index (Phi) is 16.3. The summed E-state index contributed by atoms with van der Waals surface area (Å²) in [4.78, 5) is 0. The van der Waals surface area contributed by atoms with Gasteiger partial charge in [-0.15, -0.1) is 0 Å². The number of fused-ring (bicyclic) bond motifs is 12. The molecule has 514 valence electrons. The van der Waals surface area contributed by atoms with E-state index in [9.17, 15) is 0 Å². The molecule has 0 amide bonds. The molecule has 5 heterocycles. The van der Waals surface area contributed by atoms with Crippen LogP contribution in [0.1, 0.15) is 128 Å². The minimum Gasteiger partial charge on any atom is -0.405 e. The van der Waals surface area contributed by atoms with Gasteiger partial charge in [0.15, 0.2) is 0 Å². The van der Waals surface area contributed by atoms with Gasteiger partial charge in [0.05, 0.1) is 66.5 Å². The van der Waals surface area contributed by atoms with E-state index in [1.807, 2.05) is 55.4 Å². The number of hydrogen-bond donors (Lipinski definition) is 0. The second-order valence-electron chi connectivity index (χ2n) is 31.5. The van der Waals surface area contributed by atoms with Gasteiger partial charge in [-0.05, 0) is 210 Å². The predicted molar refractivity (Wildman–Crippen MR) is 432 cm³/mol. The van der Waals surface area contributed by atoms with Crippen LogP contribution in [-0.2, 0) is 38.8 Å². The first kappa shape index (κ1) is 67.8. The molecule has 0 atom stereocenters. The highest BCUT2D eigenvalue weighted by molar-refractivity contribution is 9.10. The van der Waals surface area contributed by atoms with Crippen LogP contribution in [0.3, 0.4) is 0 Å². The van der Waals surface area contributed by atoms with Crippen molar-refractivity contribution in [3.05, 3.63) is 340 Å². The van der Waals surface area contributed by atoms with E-state index < -0.39 is 43.2 Å². The standard InChI is InChI=1S/C43H36BNO2.C37H24BrN.C12H24B2O4/c1-41(2)42(3,4)47-44(46-41)31-23-25-36-35-20-12-14-22-39(35)45(40(36)27-31)32-24-26-34-33-19-11-13-21-37(33)43(38(34)28-32,29-15-7-5-8-16-29)30-17-9-6-10-18-30;38-27-19-21-32-31-16-8-10-18-35(31)39(36(32)23-27)28-20-22-30-29-15-7-9-17-33(29)37(34(30)24-28,25-11-3-1-4-12-25)26-13-5-2-6-14-26;1-9(2)10(3,4)16-13(15-9)14-17-11(5,6)12(7,8)18-14/h5-28H,1-4H3;1-24H;1-8H3. The number of nitrogens with zero attached hydrogens (tertiary/aromatic N) is 2. The van der Waals surface area contributed by atoms with E-state index in [0.717, 1.165) is 21.1 Å². The summed E-state index contributed by atoms with van der Waals surface area (Å²) in [5.41, 5.74) is 20.4. The zero-order chi connectivity index (χ0) is 71.9. The van der Waals surface area contributed by atoms with Gasteiger partial charge in [-0.1, -0.05) is 253 Å². The Morgan fingerprint density at radius 2 is 0.567 bits per heavy atom. The number of halogens is 1. The molecule has 3 fully saturated rings. The van der Waals surface area contributed by atoms with Crippen molar-refractivity contribution in [1.82, 2.24) is 9.13 Å². The van der Waals surface area contributed by atoms with Crippen LogP contribution in [0.15, 0.2) is 296 Å². The minimum absolute atomic E-state index is 0.360. The number of aromatic nitrogens is 2. The third-order valence-corrected chi connectivity index (χ3v) is 24.5. The first-order chi connectivity index (χ1) is 49.9. The molecule has 3 saturated heterocycles. The van der Waals surface area contributed by atoms with Crippen LogP contribution in [0.25, 0.3) is 77.2 Å². The molecule has 0 N–H and O–H groups in total. The number of hydrogen-bond acceptors (Lipinski definition) is 6. The van der Waals surface area contributed by atoms with E-state index in [0.29, 0.717) is 0 Å². The van der Waals surface area contributed by atoms with Gasteiger partial charge >= 0.3 is 21.1 Å². The highest BCUT2D eigenvalue weighted by atomic mass is 79.9. The Labute approximate surface area is 620 Å². The van der Waals surface area contributed by atoms with E-state index in [1.54, 1.807) is 0 Å². The van der Waals surface area contributed by atoms with Gasteiger partial charge < -0.3 is 37.1 Å². The van der Waals surface area contributed by atoms with Crippen molar-refractivity contribution in [1.29, 1.82) is 0 Å². The molecule has 2 aromatic heterocycles. The summed E-state index contributed by atoms with van der Waals surface area (Å²) in [6, 6.07) is 107. The minimum atomic E-state index is -0.476. The van der Waals surface area contributed by atoms with Crippen LogP contribution in [0.5, 0.6) is 0 Å². The summed E-state index contributed by atoms with van der Waals surface area (Å²) in [6.45, 7) is 24.6. The molecule has 2 aliphatic carbocycles. The van der Waals surface area contributed by atoms with E-state index in [4.69, 9.17) is 27.9 Å². The highest BCUT2D eigenvalue weighted by Gasteiger charge is 2.64. The Balaban J connectivity index is 0.000000126. The van der Waals surface area contributed by atoms with Crippen molar-refractivity contribution in [3.8, 4) is 33.6 Å². The van der Waals surface area contributed by atoms with Gasteiger partial charge in [-0.25, -0.2) is 0 Å². The lowest BCUT2D eigenvalue weighted by Gasteiger charge is -2.34. The zero-order valence-corrected chi connectivity index (χ0v) is 62.8. The first-order valence-electron chi connectivity index (χ1n) is 36.4. The van der Waals surface area contributed by atoms with Crippen LogP contribution in [0, 0.1) is 0 Å². The third kappa shape index (κ3) is 10.6. The molecule has 3 aliphatic heterocycles. The first-order valence-corrected chi connectivity index (χ1v) is 37.2. The van der Waals surface area contributed by atoms with Gasteiger partial charge in [0.2, 0.25) is 0 Å². The summed E-state index contributed by atoms with van der Waals surface area (Å²) in [5, 5.41) is 4.96. The molecule has 19 rings (SSSR count). The van der Waals surface area contributed by atoms with Crippen LogP contribution >= 0.6 is 15.9 Å². The molecular formula is C92H84B3BrN2O6. The maximum Gasteiger partial charge on any atom is 0.494 e. The molecule has 0 radical (unpaired) electrons. The normalized spacial score (nSPS) is 18.4. The number of rotatable bonds is 8. The number of benzene rings is 12. The zero-order valence-electron chi connectivity index (χ0n) is 61.2. The summed E-state index contributed by atoms with van der Waals surface area (Å²) >= 11 is 3.73. The van der Waals surface area contributed by atoms with Crippen molar-refractivity contribution in [2.45, 2.75) is 128 Å². The molecule has 5 aliphatic rings. The van der Waals surface area contributed by atoms with Crippen molar-refractivity contribution in [3.63, 3.8) is 0 Å². The molecule has 0 unspecified atom stereocenters.